The molecule has 0 radical (unpaired) electrons. The second kappa shape index (κ2) is 25.8. The lowest BCUT2D eigenvalue weighted by molar-refractivity contribution is -0.143. The average Bonchev–Trinajstić information content (AvgIpc) is 4.01. The van der Waals surface area contributed by atoms with Gasteiger partial charge >= 0.3 is 24.3 Å². The number of aryl methyl sites for hydroxylation is 4. The fourth-order valence-electron chi connectivity index (χ4n) is 7.85. The first kappa shape index (κ1) is 55.8. The summed E-state index contributed by atoms with van der Waals surface area (Å²) >= 11 is 9.44. The number of thiophene rings is 2. The molecule has 0 amide bonds. The van der Waals surface area contributed by atoms with E-state index in [1.165, 1.54) is 79.4 Å². The molecule has 2 aromatic carbocycles. The lowest BCUT2D eigenvalue weighted by atomic mass is 9.94. The molecule has 0 saturated carbocycles. The number of benzene rings is 2. The van der Waals surface area contributed by atoms with Crippen LogP contribution in [0.4, 0.5) is 26.3 Å². The van der Waals surface area contributed by atoms with Crippen LogP contribution in [0.3, 0.4) is 0 Å². The van der Waals surface area contributed by atoms with E-state index in [1.54, 1.807) is 49.5 Å². The van der Waals surface area contributed by atoms with Crippen LogP contribution in [0, 0.1) is 27.7 Å². The fourth-order valence-corrected chi connectivity index (χ4v) is 15.4. The smallest absolute Gasteiger partial charge is 0.416 e. The van der Waals surface area contributed by atoms with Crippen molar-refractivity contribution in [2.24, 2.45) is 0 Å². The Labute approximate surface area is 420 Å². The van der Waals surface area contributed by atoms with Gasteiger partial charge in [0.15, 0.2) is 0 Å². The van der Waals surface area contributed by atoms with Crippen LogP contribution >= 0.6 is 68.9 Å². The minimum atomic E-state index is -4.33. The fraction of sp³-hybridized carbons (Fsp3) is 0.520. The lowest BCUT2D eigenvalue weighted by Crippen LogP contribution is -2.07. The molecule has 0 saturated heterocycles. The molecule has 18 heteroatoms. The third kappa shape index (κ3) is 15.4. The van der Waals surface area contributed by atoms with Gasteiger partial charge in [0.05, 0.1) is 48.6 Å². The molecule has 0 aliphatic rings. The van der Waals surface area contributed by atoms with Crippen LogP contribution < -0.4 is 0 Å². The van der Waals surface area contributed by atoms with Crippen molar-refractivity contribution in [3.63, 3.8) is 0 Å². The predicted molar refractivity (Wildman–Crippen MR) is 273 cm³/mol. The number of rotatable bonds is 22. The van der Waals surface area contributed by atoms with E-state index in [9.17, 15) is 35.9 Å². The highest BCUT2D eigenvalue weighted by atomic mass is 32.2. The Bertz CT molecular complexity index is 2420. The van der Waals surface area contributed by atoms with Crippen LogP contribution in [0.5, 0.6) is 0 Å². The van der Waals surface area contributed by atoms with Crippen LogP contribution in [0.15, 0.2) is 45.1 Å². The number of fused-ring (bicyclic) bond motifs is 2. The first-order chi connectivity index (χ1) is 32.3. The number of alkyl halides is 6. The summed E-state index contributed by atoms with van der Waals surface area (Å²) in [6.45, 7) is 16.5. The number of ether oxygens (including phenoxy) is 2. The van der Waals surface area contributed by atoms with Gasteiger partial charge in [-0.1, -0.05) is 75.2 Å². The molecule has 372 valence electrons. The van der Waals surface area contributed by atoms with Crippen molar-refractivity contribution in [2.45, 2.75) is 152 Å². The van der Waals surface area contributed by atoms with Crippen molar-refractivity contribution >= 4 is 101 Å². The first-order valence-corrected chi connectivity index (χ1v) is 28.2. The van der Waals surface area contributed by atoms with Gasteiger partial charge in [-0.3, -0.25) is 9.59 Å². The Kier molecular flexibility index (Phi) is 21.2. The summed E-state index contributed by atoms with van der Waals surface area (Å²) in [5.41, 5.74) is 2.74. The van der Waals surface area contributed by atoms with E-state index in [4.69, 9.17) is 9.47 Å². The SMILES string of the molecule is CCCCC(CCSc1nc(C)c(CC(=O)OCC)s1)c1sc2cc(C(F)(F)F)ccc2c1C.CCCCC(CCSc1nc(C)c(CC(=O)OCC)s1)c1sc2cc(C(F)(F)F)ccc2c1C. The van der Waals surface area contributed by atoms with E-state index < -0.39 is 23.5 Å². The number of thiazole rings is 2. The second-order valence-electron chi connectivity index (χ2n) is 16.5. The predicted octanol–water partition coefficient (Wildman–Crippen LogP) is 17.1. The highest BCUT2D eigenvalue weighted by Gasteiger charge is 2.32. The Morgan fingerprint density at radius 2 is 0.971 bits per heavy atom. The van der Waals surface area contributed by atoms with Gasteiger partial charge in [0.2, 0.25) is 0 Å². The van der Waals surface area contributed by atoms with E-state index in [0.29, 0.717) is 34.4 Å². The summed E-state index contributed by atoms with van der Waals surface area (Å²) in [6.07, 6.45) is 0.0359. The number of nitrogens with zero attached hydrogens (tertiary/aromatic N) is 2. The van der Waals surface area contributed by atoms with E-state index in [-0.39, 0.29) is 24.8 Å². The summed E-state index contributed by atoms with van der Waals surface area (Å²) in [5, 5.41) is 1.84. The molecular formula is C50H60F6N2O4S6. The molecule has 2 unspecified atom stereocenters. The van der Waals surface area contributed by atoms with Crippen molar-refractivity contribution in [2.75, 3.05) is 24.7 Å². The molecule has 6 rings (SSSR count). The molecule has 6 aromatic rings. The summed E-state index contributed by atoms with van der Waals surface area (Å²) in [5.74, 6) is 1.86. The number of hydrogen-bond donors (Lipinski definition) is 0. The molecule has 0 spiro atoms. The molecule has 0 aliphatic carbocycles. The minimum absolute atomic E-state index is 0.237. The van der Waals surface area contributed by atoms with Crippen LogP contribution in [0.25, 0.3) is 20.2 Å². The molecule has 68 heavy (non-hydrogen) atoms. The summed E-state index contributed by atoms with van der Waals surface area (Å²) in [4.78, 5) is 37.1. The first-order valence-electron chi connectivity index (χ1n) is 23.0. The van der Waals surface area contributed by atoms with E-state index in [1.807, 2.05) is 27.7 Å². The number of esters is 2. The Morgan fingerprint density at radius 1 is 0.588 bits per heavy atom. The maximum absolute atomic E-state index is 13.2. The van der Waals surface area contributed by atoms with Crippen molar-refractivity contribution in [3.8, 4) is 0 Å². The van der Waals surface area contributed by atoms with Gasteiger partial charge in [0.1, 0.15) is 8.68 Å². The number of hydrogen-bond acceptors (Lipinski definition) is 12. The van der Waals surface area contributed by atoms with Crippen LogP contribution in [0.2, 0.25) is 0 Å². The van der Waals surface area contributed by atoms with E-state index >= 15 is 0 Å². The van der Waals surface area contributed by atoms with Crippen LogP contribution in [-0.2, 0) is 44.3 Å². The van der Waals surface area contributed by atoms with Crippen molar-refractivity contribution in [3.05, 3.63) is 89.5 Å². The highest BCUT2D eigenvalue weighted by Crippen LogP contribution is 2.44. The molecule has 0 fully saturated rings. The zero-order valence-corrected chi connectivity index (χ0v) is 44.7. The molecule has 4 aromatic heterocycles. The highest BCUT2D eigenvalue weighted by molar-refractivity contribution is 8.01. The summed E-state index contributed by atoms with van der Waals surface area (Å²) in [6, 6.07) is 8.16. The monoisotopic (exact) mass is 1060 g/mol. The summed E-state index contributed by atoms with van der Waals surface area (Å²) < 4.78 is 92.5. The number of halogens is 6. The average molecular weight is 1060 g/mol. The van der Waals surface area contributed by atoms with E-state index in [2.05, 4.69) is 23.8 Å². The molecule has 0 bridgehead atoms. The molecule has 0 aliphatic heterocycles. The van der Waals surface area contributed by atoms with Crippen molar-refractivity contribution in [1.29, 1.82) is 0 Å². The Hall–Kier alpha value is -3.16. The number of thioether (sulfide) groups is 2. The van der Waals surface area contributed by atoms with Gasteiger partial charge in [-0.2, -0.15) is 26.3 Å². The number of carbonyl (C=O) groups excluding carboxylic acids is 2. The molecule has 2 atom stereocenters. The molecule has 6 nitrogen and oxygen atoms in total. The maximum Gasteiger partial charge on any atom is 0.416 e. The van der Waals surface area contributed by atoms with Crippen molar-refractivity contribution in [1.82, 2.24) is 9.97 Å². The van der Waals surface area contributed by atoms with Gasteiger partial charge in [-0.15, -0.1) is 45.3 Å². The van der Waals surface area contributed by atoms with E-state index in [0.717, 1.165) is 115 Å². The van der Waals surface area contributed by atoms with Crippen LogP contribution in [0.1, 0.15) is 144 Å². The van der Waals surface area contributed by atoms with Gasteiger partial charge in [0.25, 0.3) is 0 Å². The summed E-state index contributed by atoms with van der Waals surface area (Å²) in [7, 11) is 0. The standard InChI is InChI=1S/2C25H30F3NO2S3/c2*1-5-7-8-17(11-12-32-24-29-16(4)20(34-24)14-22(30)31-6-2)23-15(3)19-10-9-18(25(26,27)28)13-21(19)33-23/h2*9-10,13,17H,5-8,11-12,14H2,1-4H3. The topological polar surface area (TPSA) is 78.4 Å². The third-order valence-corrected chi connectivity index (χ3v) is 19.0. The zero-order chi connectivity index (χ0) is 49.8. The Morgan fingerprint density at radius 3 is 1.31 bits per heavy atom. The van der Waals surface area contributed by atoms with Gasteiger partial charge < -0.3 is 9.47 Å². The molecule has 0 N–H and O–H groups in total. The quantitative estimate of drug-likeness (QED) is 0.0378. The normalized spacial score (nSPS) is 12.9. The minimum Gasteiger partial charge on any atom is -0.466 e. The molecular weight excluding hydrogens is 999 g/mol. The number of aromatic nitrogens is 2. The molecule has 4 heterocycles. The van der Waals surface area contributed by atoms with Gasteiger partial charge in [-0.25, -0.2) is 9.97 Å². The lowest BCUT2D eigenvalue weighted by Gasteiger charge is -2.16. The largest absolute Gasteiger partial charge is 0.466 e. The van der Waals surface area contributed by atoms with Crippen molar-refractivity contribution < 1.29 is 45.4 Å². The zero-order valence-electron chi connectivity index (χ0n) is 39.8. The number of carbonyl (C=O) groups is 2. The Balaban J connectivity index is 0.000000254. The second-order valence-corrected chi connectivity index (χ2v) is 23.5. The number of unbranched alkanes of at least 4 members (excludes halogenated alkanes) is 2. The maximum atomic E-state index is 13.2. The van der Waals surface area contributed by atoms with Gasteiger partial charge in [-0.05, 0) is 125 Å². The van der Waals surface area contributed by atoms with Crippen LogP contribution in [-0.4, -0.2) is 46.6 Å². The van der Waals surface area contributed by atoms with Gasteiger partial charge in [0, 0.05) is 40.4 Å². The third-order valence-electron chi connectivity index (χ3n) is 11.5.